The van der Waals surface area contributed by atoms with Crippen LogP contribution in [0.5, 0.6) is 0 Å². The normalized spacial score (nSPS) is 49.0. The Labute approximate surface area is 210 Å². The Balaban J connectivity index is 1.74. The summed E-state index contributed by atoms with van der Waals surface area (Å²) in [5.41, 5.74) is 0. The second-order valence-electron chi connectivity index (χ2n) is 9.11. The molecule has 3 rings (SSSR count). The minimum Gasteiger partial charge on any atom is -0.394 e. The Morgan fingerprint density at radius 3 is 1.86 bits per heavy atom. The predicted octanol–water partition coefficient (Wildman–Crippen LogP) is -7.43. The fraction of sp³-hybridized carbons (Fsp3) is 0.950. The summed E-state index contributed by atoms with van der Waals surface area (Å²) >= 11 is 0. The quantitative estimate of drug-likeness (QED) is 0.135. The fourth-order valence-corrected chi connectivity index (χ4v) is 4.36. The van der Waals surface area contributed by atoms with Crippen LogP contribution in [0, 0.1) is 0 Å². The third-order valence-electron chi connectivity index (χ3n) is 6.47. The molecular formula is C20H35NO16. The minimum absolute atomic E-state index is 0.564. The highest BCUT2D eigenvalue weighted by atomic mass is 16.7. The summed E-state index contributed by atoms with van der Waals surface area (Å²) in [5.74, 6) is -0.641. The van der Waals surface area contributed by atoms with Crippen molar-refractivity contribution in [2.75, 3.05) is 19.8 Å². The monoisotopic (exact) mass is 545 g/mol. The van der Waals surface area contributed by atoms with Crippen LogP contribution in [0.4, 0.5) is 0 Å². The van der Waals surface area contributed by atoms with Crippen molar-refractivity contribution in [3.05, 3.63) is 0 Å². The van der Waals surface area contributed by atoms with E-state index in [2.05, 4.69) is 5.32 Å². The number of carbonyl (C=O) groups is 1. The van der Waals surface area contributed by atoms with E-state index in [0.717, 1.165) is 6.92 Å². The van der Waals surface area contributed by atoms with E-state index in [1.165, 1.54) is 0 Å². The SMILES string of the molecule is CC(=O)N[C@H]1[C@H](OC[C@@H]2OC(O)[C@@H](O)[C@H](O)[C@@H]2O)O[C@H](CO)[C@@H](O[C@@H]2O[C@H](CO)[C@H](O)[C@H](O)[C@H]2O)[C@@H]1O. The first-order valence-corrected chi connectivity index (χ1v) is 11.6. The molecule has 0 aromatic rings. The first kappa shape index (κ1) is 30.4. The predicted molar refractivity (Wildman–Crippen MR) is 113 cm³/mol. The van der Waals surface area contributed by atoms with Crippen LogP contribution in [0.2, 0.25) is 0 Å². The van der Waals surface area contributed by atoms with Crippen molar-refractivity contribution >= 4 is 5.91 Å². The molecule has 0 aliphatic carbocycles. The molecule has 3 fully saturated rings. The third kappa shape index (κ3) is 6.55. The van der Waals surface area contributed by atoms with Crippen LogP contribution < -0.4 is 5.32 Å². The Kier molecular flexibility index (Phi) is 10.5. The van der Waals surface area contributed by atoms with Gasteiger partial charge in [0.05, 0.1) is 19.8 Å². The maximum atomic E-state index is 11.8. The molecule has 1 amide bonds. The molecule has 0 spiro atoms. The van der Waals surface area contributed by atoms with Crippen LogP contribution in [0.1, 0.15) is 6.92 Å². The van der Waals surface area contributed by atoms with Gasteiger partial charge >= 0.3 is 0 Å². The standard InChI is InChI=1S/C20H35NO16/c1-5(24)21-9-12(27)17(37-20-16(31)14(29)10(25)6(2-22)35-20)7(3-23)36-19(9)33-4-8-11(26)13(28)15(30)18(32)34-8/h6-20,22-23,25-32H,2-4H2,1H3,(H,21,24)/t6-,7-,8+,9-,10+,11-,12-,13-,14+,15+,16-,17-,18?,19-,20+/m1/s1. The van der Waals surface area contributed by atoms with Crippen LogP contribution in [0.25, 0.3) is 0 Å². The first-order valence-electron chi connectivity index (χ1n) is 11.6. The molecule has 0 aromatic carbocycles. The molecule has 0 bridgehead atoms. The van der Waals surface area contributed by atoms with Gasteiger partial charge in [0.2, 0.25) is 5.91 Å². The highest BCUT2D eigenvalue weighted by molar-refractivity contribution is 5.73. The smallest absolute Gasteiger partial charge is 0.217 e. The lowest BCUT2D eigenvalue weighted by Crippen LogP contribution is -2.68. The average Bonchev–Trinajstić information content (AvgIpc) is 2.86. The lowest BCUT2D eigenvalue weighted by molar-refractivity contribution is -0.352. The number of aliphatic hydroxyl groups excluding tert-OH is 10. The summed E-state index contributed by atoms with van der Waals surface area (Å²) in [5, 5.41) is 102. The van der Waals surface area contributed by atoms with Gasteiger partial charge in [0.1, 0.15) is 73.2 Å². The second kappa shape index (κ2) is 12.8. The zero-order valence-corrected chi connectivity index (χ0v) is 19.7. The molecule has 37 heavy (non-hydrogen) atoms. The molecule has 3 heterocycles. The van der Waals surface area contributed by atoms with Crippen molar-refractivity contribution < 1.29 is 79.5 Å². The molecule has 0 saturated carbocycles. The van der Waals surface area contributed by atoms with Crippen molar-refractivity contribution in [1.82, 2.24) is 5.32 Å². The van der Waals surface area contributed by atoms with Gasteiger partial charge < -0.3 is 80.1 Å². The van der Waals surface area contributed by atoms with Gasteiger partial charge in [0.25, 0.3) is 0 Å². The molecule has 216 valence electrons. The molecule has 15 atom stereocenters. The number of hydrogen-bond donors (Lipinski definition) is 11. The maximum Gasteiger partial charge on any atom is 0.217 e. The number of ether oxygens (including phenoxy) is 5. The van der Waals surface area contributed by atoms with Crippen molar-refractivity contribution in [2.24, 2.45) is 0 Å². The topological polar surface area (TPSA) is 278 Å². The maximum absolute atomic E-state index is 11.8. The highest BCUT2D eigenvalue weighted by Crippen LogP contribution is 2.30. The van der Waals surface area contributed by atoms with Gasteiger partial charge in [-0.2, -0.15) is 0 Å². The molecule has 17 nitrogen and oxygen atoms in total. The van der Waals surface area contributed by atoms with Crippen molar-refractivity contribution in [2.45, 2.75) is 99.0 Å². The summed E-state index contributed by atoms with van der Waals surface area (Å²) in [6.07, 6.45) is -22.7. The molecule has 0 radical (unpaired) electrons. The van der Waals surface area contributed by atoms with Crippen molar-refractivity contribution in [1.29, 1.82) is 0 Å². The van der Waals surface area contributed by atoms with Gasteiger partial charge in [-0.25, -0.2) is 0 Å². The summed E-state index contributed by atoms with van der Waals surface area (Å²) in [7, 11) is 0. The molecule has 11 N–H and O–H groups in total. The largest absolute Gasteiger partial charge is 0.394 e. The number of rotatable bonds is 8. The number of aliphatic hydroxyl groups is 10. The van der Waals surface area contributed by atoms with E-state index in [1.54, 1.807) is 0 Å². The van der Waals surface area contributed by atoms with Gasteiger partial charge in [-0.1, -0.05) is 0 Å². The number of nitrogens with one attached hydrogen (secondary N) is 1. The second-order valence-corrected chi connectivity index (χ2v) is 9.11. The zero-order chi connectivity index (χ0) is 27.6. The van der Waals surface area contributed by atoms with Crippen molar-refractivity contribution in [3.8, 4) is 0 Å². The Morgan fingerprint density at radius 2 is 1.27 bits per heavy atom. The summed E-state index contributed by atoms with van der Waals surface area (Å²) < 4.78 is 27.0. The summed E-state index contributed by atoms with van der Waals surface area (Å²) in [4.78, 5) is 11.8. The molecule has 17 heteroatoms. The zero-order valence-electron chi connectivity index (χ0n) is 19.7. The van der Waals surface area contributed by atoms with E-state index < -0.39 is 118 Å². The van der Waals surface area contributed by atoms with E-state index in [0.29, 0.717) is 0 Å². The lowest BCUT2D eigenvalue weighted by atomic mass is 9.95. The Bertz CT molecular complexity index is 745. The van der Waals surface area contributed by atoms with E-state index in [1.807, 2.05) is 0 Å². The van der Waals surface area contributed by atoms with Gasteiger partial charge in [-0.3, -0.25) is 4.79 Å². The fourth-order valence-electron chi connectivity index (χ4n) is 4.36. The Hall–Kier alpha value is -1.13. The van der Waals surface area contributed by atoms with Crippen LogP contribution >= 0.6 is 0 Å². The highest BCUT2D eigenvalue weighted by Gasteiger charge is 2.52. The number of hydrogen-bond acceptors (Lipinski definition) is 16. The Morgan fingerprint density at radius 1 is 0.703 bits per heavy atom. The molecule has 0 aromatic heterocycles. The molecule has 1 unspecified atom stereocenters. The lowest BCUT2D eigenvalue weighted by Gasteiger charge is -2.47. The molecule has 3 aliphatic heterocycles. The number of amides is 1. The molecule has 3 aliphatic rings. The third-order valence-corrected chi connectivity index (χ3v) is 6.47. The van der Waals surface area contributed by atoms with Crippen molar-refractivity contribution in [3.63, 3.8) is 0 Å². The van der Waals surface area contributed by atoms with Gasteiger partial charge in [0, 0.05) is 6.92 Å². The van der Waals surface area contributed by atoms with Crippen LogP contribution in [-0.4, -0.2) is 169 Å². The van der Waals surface area contributed by atoms with E-state index in [9.17, 15) is 55.9 Å². The van der Waals surface area contributed by atoms with Gasteiger partial charge in [0.15, 0.2) is 18.9 Å². The first-order chi connectivity index (χ1) is 17.4. The molecule has 3 saturated heterocycles. The summed E-state index contributed by atoms with van der Waals surface area (Å²) in [6, 6.07) is -1.38. The molecular weight excluding hydrogens is 510 g/mol. The van der Waals surface area contributed by atoms with Gasteiger partial charge in [-0.15, -0.1) is 0 Å². The van der Waals surface area contributed by atoms with E-state index in [-0.39, 0.29) is 0 Å². The number of carbonyl (C=O) groups excluding carboxylic acids is 1. The van der Waals surface area contributed by atoms with E-state index in [4.69, 9.17) is 23.7 Å². The van der Waals surface area contributed by atoms with Crippen LogP contribution in [0.3, 0.4) is 0 Å². The minimum atomic E-state index is -1.84. The van der Waals surface area contributed by atoms with Crippen LogP contribution in [0.15, 0.2) is 0 Å². The van der Waals surface area contributed by atoms with Gasteiger partial charge in [-0.05, 0) is 0 Å². The average molecular weight is 545 g/mol. The summed E-state index contributed by atoms with van der Waals surface area (Å²) in [6.45, 7) is -0.959. The van der Waals surface area contributed by atoms with Crippen LogP contribution in [-0.2, 0) is 28.5 Å². The van der Waals surface area contributed by atoms with E-state index >= 15 is 0 Å².